The smallest absolute Gasteiger partial charge is 0.306 e. The third-order valence-electron chi connectivity index (χ3n) is 3.92. The van der Waals surface area contributed by atoms with Gasteiger partial charge in [-0.3, -0.25) is 4.79 Å². The summed E-state index contributed by atoms with van der Waals surface area (Å²) in [6.45, 7) is 4.98. The lowest BCUT2D eigenvalue weighted by Gasteiger charge is -2.23. The van der Waals surface area contributed by atoms with Crippen LogP contribution in [0.3, 0.4) is 0 Å². The van der Waals surface area contributed by atoms with Crippen LogP contribution in [0.4, 0.5) is 0 Å². The van der Waals surface area contributed by atoms with Crippen molar-refractivity contribution < 1.29 is 18.3 Å². The molecule has 1 rings (SSSR count). The Kier molecular flexibility index (Phi) is 4.81. The lowest BCUT2D eigenvalue weighted by atomic mass is 9.89. The van der Waals surface area contributed by atoms with Crippen molar-refractivity contribution in [1.29, 1.82) is 0 Å². The molecular formula is C13H24O4S. The summed E-state index contributed by atoms with van der Waals surface area (Å²) in [7, 11) is -3.22. The Bertz CT molecular complexity index is 386. The normalized spacial score (nSPS) is 19.9. The van der Waals surface area contributed by atoms with E-state index in [1.165, 1.54) is 0 Å². The number of carbonyl (C=O) groups is 1. The molecule has 1 saturated carbocycles. The van der Waals surface area contributed by atoms with E-state index in [1.54, 1.807) is 20.8 Å². The van der Waals surface area contributed by atoms with E-state index in [0.717, 1.165) is 25.7 Å². The van der Waals surface area contributed by atoms with Gasteiger partial charge in [0.25, 0.3) is 0 Å². The van der Waals surface area contributed by atoms with Crippen molar-refractivity contribution in [2.24, 2.45) is 11.8 Å². The van der Waals surface area contributed by atoms with Crippen LogP contribution in [0.1, 0.15) is 52.9 Å². The van der Waals surface area contributed by atoms with Crippen molar-refractivity contribution in [1.82, 2.24) is 0 Å². The van der Waals surface area contributed by atoms with E-state index in [0.29, 0.717) is 0 Å². The molecule has 4 nitrogen and oxygen atoms in total. The van der Waals surface area contributed by atoms with E-state index in [4.69, 9.17) is 0 Å². The second-order valence-electron chi connectivity index (χ2n) is 6.21. The zero-order chi connectivity index (χ0) is 14.0. The maximum absolute atomic E-state index is 12.0. The molecule has 0 amide bonds. The topological polar surface area (TPSA) is 71.4 Å². The summed E-state index contributed by atoms with van der Waals surface area (Å²) in [6, 6.07) is 0. The number of carboxylic acids is 1. The Morgan fingerprint density at radius 1 is 1.28 bits per heavy atom. The quantitative estimate of drug-likeness (QED) is 0.837. The molecular weight excluding hydrogens is 252 g/mol. The third-order valence-corrected chi connectivity index (χ3v) is 6.56. The molecule has 1 atom stereocenters. The highest BCUT2D eigenvalue weighted by atomic mass is 32.2. The van der Waals surface area contributed by atoms with Gasteiger partial charge in [0, 0.05) is 0 Å². The summed E-state index contributed by atoms with van der Waals surface area (Å²) in [4.78, 5) is 11.3. The minimum atomic E-state index is -3.22. The molecule has 1 N–H and O–H groups in total. The fourth-order valence-electron chi connectivity index (χ4n) is 2.51. The first-order valence-electron chi connectivity index (χ1n) is 6.60. The van der Waals surface area contributed by atoms with Crippen molar-refractivity contribution >= 4 is 15.8 Å². The van der Waals surface area contributed by atoms with Crippen molar-refractivity contribution in [2.75, 3.05) is 5.75 Å². The van der Waals surface area contributed by atoms with E-state index in [9.17, 15) is 18.3 Å². The lowest BCUT2D eigenvalue weighted by molar-refractivity contribution is -0.143. The SMILES string of the molecule is CC(C)(C)S(=O)(=O)CCC(C(=O)O)C1CCCC1. The van der Waals surface area contributed by atoms with Crippen molar-refractivity contribution in [2.45, 2.75) is 57.6 Å². The van der Waals surface area contributed by atoms with Crippen LogP contribution < -0.4 is 0 Å². The zero-order valence-electron chi connectivity index (χ0n) is 11.5. The molecule has 0 aliphatic heterocycles. The van der Waals surface area contributed by atoms with Gasteiger partial charge >= 0.3 is 5.97 Å². The van der Waals surface area contributed by atoms with Crippen LogP contribution in [-0.4, -0.2) is 30.0 Å². The summed E-state index contributed by atoms with van der Waals surface area (Å²) in [5, 5.41) is 9.24. The number of hydrogen-bond donors (Lipinski definition) is 1. The Hall–Kier alpha value is -0.580. The fraction of sp³-hybridized carbons (Fsp3) is 0.923. The minimum absolute atomic E-state index is 0.0238. The average molecular weight is 276 g/mol. The van der Waals surface area contributed by atoms with Gasteiger partial charge in [-0.15, -0.1) is 0 Å². The van der Waals surface area contributed by atoms with Gasteiger partial charge in [-0.05, 0) is 46.0 Å². The van der Waals surface area contributed by atoms with Gasteiger partial charge in [0.1, 0.15) is 0 Å². The zero-order valence-corrected chi connectivity index (χ0v) is 12.3. The van der Waals surface area contributed by atoms with Crippen LogP contribution in [0, 0.1) is 11.8 Å². The monoisotopic (exact) mass is 276 g/mol. The predicted octanol–water partition coefficient (Wildman–Crippen LogP) is 2.48. The highest BCUT2D eigenvalue weighted by molar-refractivity contribution is 7.92. The molecule has 0 aromatic rings. The first-order valence-corrected chi connectivity index (χ1v) is 8.25. The molecule has 1 fully saturated rings. The highest BCUT2D eigenvalue weighted by Gasteiger charge is 2.34. The summed E-state index contributed by atoms with van der Waals surface area (Å²) in [6.07, 6.45) is 4.24. The van der Waals surface area contributed by atoms with E-state index >= 15 is 0 Å². The molecule has 1 aliphatic rings. The number of sulfone groups is 1. The molecule has 1 unspecified atom stereocenters. The van der Waals surface area contributed by atoms with Gasteiger partial charge in [-0.1, -0.05) is 12.8 Å². The molecule has 0 radical (unpaired) electrons. The predicted molar refractivity (Wildman–Crippen MR) is 71.2 cm³/mol. The second-order valence-corrected chi connectivity index (χ2v) is 9.07. The molecule has 0 heterocycles. The molecule has 0 bridgehead atoms. The second kappa shape index (κ2) is 5.59. The Morgan fingerprint density at radius 2 is 1.78 bits per heavy atom. The van der Waals surface area contributed by atoms with E-state index in [-0.39, 0.29) is 18.1 Å². The Balaban J connectivity index is 2.66. The number of carboxylic acid groups (broad SMARTS) is 1. The maximum Gasteiger partial charge on any atom is 0.306 e. The largest absolute Gasteiger partial charge is 0.481 e. The van der Waals surface area contributed by atoms with E-state index < -0.39 is 26.5 Å². The molecule has 0 aromatic carbocycles. The Morgan fingerprint density at radius 3 is 2.17 bits per heavy atom. The molecule has 0 aromatic heterocycles. The van der Waals surface area contributed by atoms with Gasteiger partial charge < -0.3 is 5.11 Å². The molecule has 0 saturated heterocycles. The van der Waals surface area contributed by atoms with Crippen LogP contribution in [0.25, 0.3) is 0 Å². The van der Waals surface area contributed by atoms with Crippen LogP contribution in [0.5, 0.6) is 0 Å². The summed E-state index contributed by atoms with van der Waals surface area (Å²) in [5.41, 5.74) is 0. The molecule has 5 heteroatoms. The van der Waals surface area contributed by atoms with Gasteiger partial charge in [0.2, 0.25) is 0 Å². The first kappa shape index (κ1) is 15.5. The van der Waals surface area contributed by atoms with Crippen molar-refractivity contribution in [3.05, 3.63) is 0 Å². The van der Waals surface area contributed by atoms with Gasteiger partial charge in [-0.2, -0.15) is 0 Å². The fourth-order valence-corrected chi connectivity index (χ4v) is 3.69. The summed E-state index contributed by atoms with van der Waals surface area (Å²) < 4.78 is 23.2. The summed E-state index contributed by atoms with van der Waals surface area (Å²) in [5.74, 6) is -1.20. The van der Waals surface area contributed by atoms with Crippen LogP contribution in [0.2, 0.25) is 0 Å². The van der Waals surface area contributed by atoms with E-state index in [1.807, 2.05) is 0 Å². The lowest BCUT2D eigenvalue weighted by Crippen LogP contribution is -2.33. The first-order chi connectivity index (χ1) is 8.15. The highest BCUT2D eigenvalue weighted by Crippen LogP contribution is 2.34. The van der Waals surface area contributed by atoms with Crippen molar-refractivity contribution in [3.63, 3.8) is 0 Å². The van der Waals surface area contributed by atoms with E-state index in [2.05, 4.69) is 0 Å². The third kappa shape index (κ3) is 3.70. The molecule has 1 aliphatic carbocycles. The van der Waals surface area contributed by atoms with Gasteiger partial charge in [-0.25, -0.2) is 8.42 Å². The minimum Gasteiger partial charge on any atom is -0.481 e. The molecule has 106 valence electrons. The average Bonchev–Trinajstić information content (AvgIpc) is 2.68. The molecule has 18 heavy (non-hydrogen) atoms. The number of rotatable bonds is 5. The number of hydrogen-bond acceptors (Lipinski definition) is 3. The van der Waals surface area contributed by atoms with Crippen LogP contribution in [-0.2, 0) is 14.6 Å². The van der Waals surface area contributed by atoms with Crippen molar-refractivity contribution in [3.8, 4) is 0 Å². The van der Waals surface area contributed by atoms with Gasteiger partial charge in [0.05, 0.1) is 16.4 Å². The summed E-state index contributed by atoms with van der Waals surface area (Å²) >= 11 is 0. The van der Waals surface area contributed by atoms with Crippen LogP contribution in [0.15, 0.2) is 0 Å². The maximum atomic E-state index is 12.0. The number of aliphatic carboxylic acids is 1. The van der Waals surface area contributed by atoms with Gasteiger partial charge in [0.15, 0.2) is 9.84 Å². The molecule has 0 spiro atoms. The Labute approximate surface area is 110 Å². The van der Waals surface area contributed by atoms with Crippen LogP contribution >= 0.6 is 0 Å². The standard InChI is InChI=1S/C13H24O4S/c1-13(2,3)18(16,17)9-8-11(12(14)15)10-6-4-5-7-10/h10-11H,4-9H2,1-3H3,(H,14,15).